The number of para-hydroxylation sites is 1. The highest BCUT2D eigenvalue weighted by atomic mass is 32.2. The number of aromatic nitrogens is 1. The van der Waals surface area contributed by atoms with E-state index in [-0.39, 0.29) is 11.9 Å². The van der Waals surface area contributed by atoms with Gasteiger partial charge in [0.1, 0.15) is 0 Å². The third-order valence-electron chi connectivity index (χ3n) is 4.72. The van der Waals surface area contributed by atoms with Crippen LogP contribution in [0.2, 0.25) is 0 Å². The van der Waals surface area contributed by atoms with Gasteiger partial charge in [0.25, 0.3) is 5.91 Å². The lowest BCUT2D eigenvalue weighted by Gasteiger charge is -2.19. The molecule has 2 aromatic carbocycles. The summed E-state index contributed by atoms with van der Waals surface area (Å²) in [5, 5.41) is 3.98. The van der Waals surface area contributed by atoms with Gasteiger partial charge in [-0.2, -0.15) is 0 Å². The first-order chi connectivity index (χ1) is 15.1. The van der Waals surface area contributed by atoms with E-state index in [0.29, 0.717) is 5.56 Å². The molecule has 1 heterocycles. The molecular formula is C27H30N2OS. The van der Waals surface area contributed by atoms with Gasteiger partial charge < -0.3 is 5.32 Å². The lowest BCUT2D eigenvalue weighted by molar-refractivity contribution is 0.0938. The minimum Gasteiger partial charge on any atom is -0.345 e. The number of nitrogens with one attached hydrogen (secondary N) is 1. The van der Waals surface area contributed by atoms with Crippen molar-refractivity contribution in [3.8, 4) is 0 Å². The number of hydrogen-bond donors (Lipinski definition) is 1. The van der Waals surface area contributed by atoms with Gasteiger partial charge in [-0.3, -0.25) is 4.79 Å². The monoisotopic (exact) mass is 430 g/mol. The zero-order valence-electron chi connectivity index (χ0n) is 18.7. The van der Waals surface area contributed by atoms with Gasteiger partial charge in [0.05, 0.1) is 22.8 Å². The van der Waals surface area contributed by atoms with Gasteiger partial charge in [-0.05, 0) is 24.8 Å². The van der Waals surface area contributed by atoms with Crippen LogP contribution in [-0.2, 0) is 0 Å². The van der Waals surface area contributed by atoms with E-state index in [9.17, 15) is 4.79 Å². The van der Waals surface area contributed by atoms with Gasteiger partial charge in [-0.1, -0.05) is 93.8 Å². The SMILES string of the molecule is C=C/C=C(\C=C)c1nc2ccccc2c(C(=O)NC(C)c2ccccc2)c1SC.CC. The number of fused-ring (bicyclic) bond motifs is 1. The highest BCUT2D eigenvalue weighted by Crippen LogP contribution is 2.34. The molecule has 1 amide bonds. The van der Waals surface area contributed by atoms with Crippen molar-refractivity contribution in [2.45, 2.75) is 31.7 Å². The number of amides is 1. The summed E-state index contributed by atoms with van der Waals surface area (Å²) in [6.07, 6.45) is 7.27. The first kappa shape index (κ1) is 24.2. The minimum atomic E-state index is -0.118. The Hall–Kier alpha value is -3.11. The zero-order chi connectivity index (χ0) is 22.8. The average molecular weight is 431 g/mol. The molecule has 0 spiro atoms. The number of thioether (sulfide) groups is 1. The van der Waals surface area contributed by atoms with Crippen molar-refractivity contribution in [3.05, 3.63) is 103 Å². The fourth-order valence-electron chi connectivity index (χ4n) is 3.28. The Morgan fingerprint density at radius 2 is 1.71 bits per heavy atom. The van der Waals surface area contributed by atoms with Crippen LogP contribution in [0.15, 0.2) is 90.9 Å². The number of hydrogen-bond acceptors (Lipinski definition) is 3. The van der Waals surface area contributed by atoms with Gasteiger partial charge in [0.15, 0.2) is 0 Å². The summed E-state index contributed by atoms with van der Waals surface area (Å²) in [7, 11) is 0. The Balaban J connectivity index is 0.00000166. The summed E-state index contributed by atoms with van der Waals surface area (Å²) < 4.78 is 0. The number of benzene rings is 2. The molecule has 1 unspecified atom stereocenters. The van der Waals surface area contributed by atoms with Crippen molar-refractivity contribution in [2.75, 3.05) is 6.26 Å². The fraction of sp³-hybridized carbons (Fsp3) is 0.185. The Labute approximate surface area is 190 Å². The average Bonchev–Trinajstić information content (AvgIpc) is 2.82. The molecule has 0 saturated carbocycles. The maximum Gasteiger partial charge on any atom is 0.253 e. The molecule has 0 saturated heterocycles. The number of allylic oxidation sites excluding steroid dienone is 4. The van der Waals surface area contributed by atoms with E-state index in [1.165, 1.54) is 11.8 Å². The van der Waals surface area contributed by atoms with E-state index < -0.39 is 0 Å². The molecule has 0 radical (unpaired) electrons. The number of carbonyl (C=O) groups is 1. The Morgan fingerprint density at radius 3 is 2.32 bits per heavy atom. The quantitative estimate of drug-likeness (QED) is 0.317. The zero-order valence-corrected chi connectivity index (χ0v) is 19.5. The third kappa shape index (κ3) is 5.53. The van der Waals surface area contributed by atoms with Gasteiger partial charge in [-0.25, -0.2) is 4.98 Å². The van der Waals surface area contributed by atoms with Gasteiger partial charge in [-0.15, -0.1) is 11.8 Å². The van der Waals surface area contributed by atoms with E-state index in [0.717, 1.165) is 32.6 Å². The predicted octanol–water partition coefficient (Wildman–Crippen LogP) is 7.23. The molecule has 4 heteroatoms. The summed E-state index contributed by atoms with van der Waals surface area (Å²) in [6.45, 7) is 13.7. The Bertz CT molecular complexity index is 1090. The second kappa shape index (κ2) is 11.9. The summed E-state index contributed by atoms with van der Waals surface area (Å²) in [4.78, 5) is 19.1. The van der Waals surface area contributed by atoms with Crippen molar-refractivity contribution >= 4 is 34.1 Å². The molecule has 0 fully saturated rings. The van der Waals surface area contributed by atoms with Crippen LogP contribution in [-0.4, -0.2) is 17.1 Å². The smallest absolute Gasteiger partial charge is 0.253 e. The highest BCUT2D eigenvalue weighted by Gasteiger charge is 2.22. The number of nitrogens with zero attached hydrogens (tertiary/aromatic N) is 1. The van der Waals surface area contributed by atoms with Crippen molar-refractivity contribution in [3.63, 3.8) is 0 Å². The van der Waals surface area contributed by atoms with E-state index in [1.807, 2.05) is 87.7 Å². The van der Waals surface area contributed by atoms with Crippen LogP contribution in [0.1, 0.15) is 48.4 Å². The van der Waals surface area contributed by atoms with Crippen LogP contribution in [0, 0.1) is 0 Å². The molecule has 0 aliphatic carbocycles. The summed E-state index contributed by atoms with van der Waals surface area (Å²) >= 11 is 1.51. The van der Waals surface area contributed by atoms with E-state index in [2.05, 4.69) is 18.5 Å². The topological polar surface area (TPSA) is 42.0 Å². The second-order valence-electron chi connectivity index (χ2n) is 6.55. The normalized spacial score (nSPS) is 11.8. The van der Waals surface area contributed by atoms with Crippen LogP contribution in [0.4, 0.5) is 0 Å². The lowest BCUT2D eigenvalue weighted by Crippen LogP contribution is -2.27. The molecule has 3 aromatic rings. The van der Waals surface area contributed by atoms with Gasteiger partial charge in [0, 0.05) is 15.9 Å². The standard InChI is InChI=1S/C25H24N2OS.C2H6/c1-5-12-18(6-2)23-24(29-4)22(20-15-10-11-16-21(20)27-23)25(28)26-17(3)19-13-8-7-9-14-19;1-2/h5-17H,1-2H2,3-4H3,(H,26,28);1-2H3/b18-12+;. The largest absolute Gasteiger partial charge is 0.345 e. The molecule has 0 bridgehead atoms. The minimum absolute atomic E-state index is 0.114. The van der Waals surface area contributed by atoms with E-state index in [1.54, 1.807) is 12.2 Å². The third-order valence-corrected chi connectivity index (χ3v) is 5.52. The van der Waals surface area contributed by atoms with Crippen molar-refractivity contribution in [1.29, 1.82) is 0 Å². The van der Waals surface area contributed by atoms with E-state index >= 15 is 0 Å². The van der Waals surface area contributed by atoms with Crippen LogP contribution in [0.25, 0.3) is 16.5 Å². The molecule has 31 heavy (non-hydrogen) atoms. The number of pyridine rings is 1. The molecule has 1 aromatic heterocycles. The van der Waals surface area contributed by atoms with Crippen molar-refractivity contribution in [1.82, 2.24) is 10.3 Å². The maximum absolute atomic E-state index is 13.4. The molecule has 1 atom stereocenters. The fourth-order valence-corrected chi connectivity index (χ4v) is 4.04. The predicted molar refractivity (Wildman–Crippen MR) is 136 cm³/mol. The van der Waals surface area contributed by atoms with Crippen molar-refractivity contribution in [2.24, 2.45) is 0 Å². The van der Waals surface area contributed by atoms with Crippen LogP contribution < -0.4 is 5.32 Å². The number of carbonyl (C=O) groups excluding carboxylic acids is 1. The van der Waals surface area contributed by atoms with Gasteiger partial charge >= 0.3 is 0 Å². The molecule has 3 nitrogen and oxygen atoms in total. The molecule has 1 N–H and O–H groups in total. The second-order valence-corrected chi connectivity index (χ2v) is 7.37. The lowest BCUT2D eigenvalue weighted by atomic mass is 10.0. The Morgan fingerprint density at radius 1 is 1.06 bits per heavy atom. The molecule has 160 valence electrons. The molecule has 0 aliphatic heterocycles. The molecule has 0 aliphatic rings. The first-order valence-corrected chi connectivity index (χ1v) is 11.6. The van der Waals surface area contributed by atoms with E-state index in [4.69, 9.17) is 4.98 Å². The van der Waals surface area contributed by atoms with Crippen LogP contribution in [0.5, 0.6) is 0 Å². The summed E-state index contributed by atoms with van der Waals surface area (Å²) in [5.41, 5.74) is 4.04. The van der Waals surface area contributed by atoms with Crippen LogP contribution >= 0.6 is 11.8 Å². The summed E-state index contributed by atoms with van der Waals surface area (Å²) in [6, 6.07) is 17.6. The maximum atomic E-state index is 13.4. The van der Waals surface area contributed by atoms with Crippen LogP contribution in [0.3, 0.4) is 0 Å². The summed E-state index contributed by atoms with van der Waals surface area (Å²) in [5.74, 6) is -0.118. The molecular weight excluding hydrogens is 400 g/mol. The molecule has 3 rings (SSSR count). The number of rotatable bonds is 7. The van der Waals surface area contributed by atoms with Crippen molar-refractivity contribution < 1.29 is 4.79 Å². The van der Waals surface area contributed by atoms with Gasteiger partial charge in [0.2, 0.25) is 0 Å². The first-order valence-electron chi connectivity index (χ1n) is 10.4. The highest BCUT2D eigenvalue weighted by molar-refractivity contribution is 7.98. The Kier molecular flexibility index (Phi) is 9.29.